The normalized spacial score (nSPS) is 9.87. The van der Waals surface area contributed by atoms with Crippen molar-refractivity contribution < 1.29 is 0 Å². The van der Waals surface area contributed by atoms with Gasteiger partial charge >= 0.3 is 0 Å². The van der Waals surface area contributed by atoms with E-state index in [4.69, 9.17) is 16.9 Å². The van der Waals surface area contributed by atoms with Crippen molar-refractivity contribution in [1.29, 1.82) is 5.26 Å². The smallest absolute Gasteiger partial charge is 0.213 e. The maximum Gasteiger partial charge on any atom is 0.213 e. The molecule has 0 atom stereocenters. The van der Waals surface area contributed by atoms with Gasteiger partial charge in [-0.15, -0.1) is 0 Å². The van der Waals surface area contributed by atoms with Gasteiger partial charge in [0, 0.05) is 24.0 Å². The van der Waals surface area contributed by atoms with E-state index in [1.165, 1.54) is 0 Å². The number of rotatable bonds is 2. The molecule has 1 aromatic carbocycles. The van der Waals surface area contributed by atoms with Crippen LogP contribution in [0.1, 0.15) is 11.4 Å². The van der Waals surface area contributed by atoms with E-state index in [2.05, 4.69) is 4.98 Å². The van der Waals surface area contributed by atoms with Gasteiger partial charge in [-0.3, -0.25) is 0 Å². The van der Waals surface area contributed by atoms with E-state index in [-0.39, 0.29) is 0 Å². The van der Waals surface area contributed by atoms with Crippen LogP contribution in [0.25, 0.3) is 0 Å². The van der Waals surface area contributed by atoms with E-state index in [0.717, 1.165) is 5.56 Å². The molecule has 1 aromatic heterocycles. The molecule has 4 heteroatoms. The average Bonchev–Trinajstić information content (AvgIpc) is 2.65. The predicted molar refractivity (Wildman–Crippen MR) is 57.5 cm³/mol. The molecule has 0 aliphatic heterocycles. The van der Waals surface area contributed by atoms with E-state index >= 15 is 0 Å². The number of hydrogen-bond acceptors (Lipinski definition) is 2. The molecular weight excluding hydrogens is 210 g/mol. The number of nitrogens with zero attached hydrogens (tertiary/aromatic N) is 3. The van der Waals surface area contributed by atoms with Crippen molar-refractivity contribution in [3.63, 3.8) is 0 Å². The van der Waals surface area contributed by atoms with Gasteiger partial charge in [-0.2, -0.15) is 5.26 Å². The first-order valence-electron chi connectivity index (χ1n) is 4.45. The van der Waals surface area contributed by atoms with Gasteiger partial charge in [0.1, 0.15) is 6.07 Å². The highest BCUT2D eigenvalue weighted by Gasteiger charge is 2.01. The second kappa shape index (κ2) is 4.16. The van der Waals surface area contributed by atoms with E-state index in [9.17, 15) is 0 Å². The highest BCUT2D eigenvalue weighted by Crippen LogP contribution is 2.12. The molecule has 0 radical (unpaired) electrons. The van der Waals surface area contributed by atoms with Crippen LogP contribution in [0.15, 0.2) is 36.7 Å². The van der Waals surface area contributed by atoms with Crippen LogP contribution in [-0.2, 0) is 6.54 Å². The van der Waals surface area contributed by atoms with E-state index in [1.54, 1.807) is 17.0 Å². The Morgan fingerprint density at radius 3 is 3.07 bits per heavy atom. The second-order valence-corrected chi connectivity index (χ2v) is 3.56. The van der Waals surface area contributed by atoms with Crippen LogP contribution < -0.4 is 0 Å². The summed E-state index contributed by atoms with van der Waals surface area (Å²) < 4.78 is 1.78. The molecule has 0 aliphatic carbocycles. The first-order valence-corrected chi connectivity index (χ1v) is 4.83. The summed E-state index contributed by atoms with van der Waals surface area (Å²) in [6, 6.07) is 9.59. The molecule has 0 saturated carbocycles. The molecular formula is C11H8ClN3. The zero-order chi connectivity index (χ0) is 10.7. The minimum atomic E-state index is 0.412. The third-order valence-electron chi connectivity index (χ3n) is 2.06. The summed E-state index contributed by atoms with van der Waals surface area (Å²) in [4.78, 5) is 3.92. The van der Waals surface area contributed by atoms with Crippen LogP contribution in [0.3, 0.4) is 0 Å². The van der Waals surface area contributed by atoms with Gasteiger partial charge in [-0.1, -0.05) is 23.7 Å². The van der Waals surface area contributed by atoms with Crippen molar-refractivity contribution >= 4 is 11.6 Å². The van der Waals surface area contributed by atoms with E-state index in [1.807, 2.05) is 30.3 Å². The summed E-state index contributed by atoms with van der Waals surface area (Å²) in [5, 5.41) is 9.48. The molecule has 0 unspecified atom stereocenters. The Bertz CT molecular complexity index is 511. The van der Waals surface area contributed by atoms with Crippen molar-refractivity contribution in [2.24, 2.45) is 0 Å². The number of imidazole rings is 1. The fraction of sp³-hybridized carbons (Fsp3) is 0.0909. The van der Waals surface area contributed by atoms with Crippen LogP contribution in [0.2, 0.25) is 5.02 Å². The number of halogens is 1. The van der Waals surface area contributed by atoms with Crippen LogP contribution in [0.5, 0.6) is 0 Å². The largest absolute Gasteiger partial charge is 0.318 e. The Balaban J connectivity index is 2.26. The minimum absolute atomic E-state index is 0.412. The second-order valence-electron chi connectivity index (χ2n) is 3.12. The molecule has 0 fully saturated rings. The first-order chi connectivity index (χ1) is 7.29. The number of aromatic nitrogens is 2. The van der Waals surface area contributed by atoms with Crippen molar-refractivity contribution in [3.05, 3.63) is 53.1 Å². The molecule has 2 rings (SSSR count). The lowest BCUT2D eigenvalue weighted by Crippen LogP contribution is -2.01. The summed E-state index contributed by atoms with van der Waals surface area (Å²) in [5.74, 6) is 0.412. The van der Waals surface area contributed by atoms with Crippen LogP contribution in [-0.4, -0.2) is 9.55 Å². The summed E-state index contributed by atoms with van der Waals surface area (Å²) in [7, 11) is 0. The third-order valence-corrected chi connectivity index (χ3v) is 2.29. The molecule has 15 heavy (non-hydrogen) atoms. The summed E-state index contributed by atoms with van der Waals surface area (Å²) in [6.07, 6.45) is 3.39. The molecule has 0 bridgehead atoms. The summed E-state index contributed by atoms with van der Waals surface area (Å²) in [6.45, 7) is 0.615. The van der Waals surface area contributed by atoms with Gasteiger partial charge < -0.3 is 4.57 Å². The topological polar surface area (TPSA) is 41.6 Å². The Morgan fingerprint density at radius 2 is 2.33 bits per heavy atom. The minimum Gasteiger partial charge on any atom is -0.318 e. The van der Waals surface area contributed by atoms with Gasteiger partial charge in [0.15, 0.2) is 0 Å². The highest BCUT2D eigenvalue weighted by molar-refractivity contribution is 6.30. The van der Waals surface area contributed by atoms with E-state index < -0.39 is 0 Å². The Labute approximate surface area is 92.6 Å². The average molecular weight is 218 g/mol. The molecule has 0 amide bonds. The van der Waals surface area contributed by atoms with Crippen LogP contribution in [0, 0.1) is 11.3 Å². The quantitative estimate of drug-likeness (QED) is 0.776. The number of nitriles is 1. The molecule has 2 aromatic rings. The van der Waals surface area contributed by atoms with Crippen molar-refractivity contribution in [3.8, 4) is 6.07 Å². The lowest BCUT2D eigenvalue weighted by atomic mass is 10.2. The Kier molecular flexibility index (Phi) is 2.70. The third kappa shape index (κ3) is 2.17. The zero-order valence-electron chi connectivity index (χ0n) is 7.89. The molecule has 0 spiro atoms. The fourth-order valence-electron chi connectivity index (χ4n) is 1.38. The molecule has 1 heterocycles. The van der Waals surface area contributed by atoms with Gasteiger partial charge in [-0.05, 0) is 17.7 Å². The fourth-order valence-corrected chi connectivity index (χ4v) is 1.59. The Hall–Kier alpha value is -1.79. The summed E-state index contributed by atoms with van der Waals surface area (Å²) >= 11 is 5.87. The lowest BCUT2D eigenvalue weighted by Gasteiger charge is -2.03. The van der Waals surface area contributed by atoms with Gasteiger partial charge in [0.05, 0.1) is 0 Å². The maximum absolute atomic E-state index is 8.78. The zero-order valence-corrected chi connectivity index (χ0v) is 8.65. The Morgan fingerprint density at radius 1 is 1.47 bits per heavy atom. The monoisotopic (exact) mass is 217 g/mol. The molecule has 0 N–H and O–H groups in total. The lowest BCUT2D eigenvalue weighted by molar-refractivity contribution is 0.782. The predicted octanol–water partition coefficient (Wildman–Crippen LogP) is 2.46. The number of hydrogen-bond donors (Lipinski definition) is 0. The molecule has 0 saturated heterocycles. The van der Waals surface area contributed by atoms with Crippen LogP contribution >= 0.6 is 11.6 Å². The van der Waals surface area contributed by atoms with Crippen molar-refractivity contribution in [2.75, 3.05) is 0 Å². The van der Waals surface area contributed by atoms with E-state index in [0.29, 0.717) is 17.4 Å². The number of benzene rings is 1. The van der Waals surface area contributed by atoms with Crippen molar-refractivity contribution in [1.82, 2.24) is 9.55 Å². The van der Waals surface area contributed by atoms with Crippen molar-refractivity contribution in [2.45, 2.75) is 6.54 Å². The highest BCUT2D eigenvalue weighted by atomic mass is 35.5. The molecule has 0 aliphatic rings. The SMILES string of the molecule is N#Cc1nccn1Cc1cccc(Cl)c1. The van der Waals surface area contributed by atoms with Gasteiger partial charge in [-0.25, -0.2) is 4.98 Å². The maximum atomic E-state index is 8.78. The van der Waals surface area contributed by atoms with Crippen LogP contribution in [0.4, 0.5) is 0 Å². The molecule has 74 valence electrons. The first kappa shape index (κ1) is 9.75. The van der Waals surface area contributed by atoms with Gasteiger partial charge in [0.2, 0.25) is 5.82 Å². The van der Waals surface area contributed by atoms with Gasteiger partial charge in [0.25, 0.3) is 0 Å². The standard InChI is InChI=1S/C11H8ClN3/c12-10-3-1-2-9(6-10)8-15-5-4-14-11(15)7-13/h1-6H,8H2. The molecule has 3 nitrogen and oxygen atoms in total. The summed E-state index contributed by atoms with van der Waals surface area (Å²) in [5.41, 5.74) is 1.05.